The number of hydrogen-bond donors (Lipinski definition) is 2. The summed E-state index contributed by atoms with van der Waals surface area (Å²) < 4.78 is 22.8. The third-order valence-corrected chi connectivity index (χ3v) is 0.681. The Morgan fingerprint density at radius 3 is 2.12 bits per heavy atom. The zero-order valence-electron chi connectivity index (χ0n) is 3.53. The van der Waals surface area contributed by atoms with E-state index in [1.807, 2.05) is 0 Å². The fraction of sp³-hybridized carbons (Fsp3) is 1.00. The highest BCUT2D eigenvalue weighted by Gasteiger charge is 1.80. The maximum Gasteiger partial charge on any atom is 0.316 e. The highest BCUT2D eigenvalue weighted by atomic mass is 32.2. The SMILES string of the molecule is O=[SH](=O)OCCO.[MgH2]. The Morgan fingerprint density at radius 2 is 2.00 bits per heavy atom. The fourth-order valence-corrected chi connectivity index (χ4v) is 0.346. The van der Waals surface area contributed by atoms with Gasteiger partial charge in [-0.3, -0.25) is 4.18 Å². The van der Waals surface area contributed by atoms with Gasteiger partial charge in [-0.15, -0.1) is 0 Å². The van der Waals surface area contributed by atoms with E-state index in [0.717, 1.165) is 0 Å². The van der Waals surface area contributed by atoms with Gasteiger partial charge in [-0.05, 0) is 0 Å². The normalized spacial score (nSPS) is 8.75. The Balaban J connectivity index is 0. The molecule has 48 valence electrons. The molecular weight excluding hydrogens is 144 g/mol. The summed E-state index contributed by atoms with van der Waals surface area (Å²) in [5.41, 5.74) is 0. The molecule has 0 fully saturated rings. The Bertz CT molecular complexity index is 92.2. The fourth-order valence-electron chi connectivity index (χ4n) is 0.115. The summed E-state index contributed by atoms with van der Waals surface area (Å²) in [5, 5.41) is 7.92. The Labute approximate surface area is 65.1 Å². The zero-order valence-corrected chi connectivity index (χ0v) is 4.43. The van der Waals surface area contributed by atoms with E-state index in [0.29, 0.717) is 0 Å². The van der Waals surface area contributed by atoms with Crippen LogP contribution in [0.25, 0.3) is 0 Å². The molecule has 0 rings (SSSR count). The van der Waals surface area contributed by atoms with Gasteiger partial charge in [-0.2, -0.15) is 0 Å². The first-order chi connectivity index (χ1) is 3.27. The van der Waals surface area contributed by atoms with Crippen LogP contribution in [-0.2, 0) is 15.2 Å². The lowest BCUT2D eigenvalue weighted by Gasteiger charge is -1.84. The highest BCUT2D eigenvalue weighted by molar-refractivity contribution is 7.67. The molecule has 0 aromatic rings. The van der Waals surface area contributed by atoms with E-state index in [9.17, 15) is 8.42 Å². The van der Waals surface area contributed by atoms with Crippen LogP contribution in [0.2, 0.25) is 0 Å². The van der Waals surface area contributed by atoms with E-state index in [2.05, 4.69) is 4.18 Å². The Morgan fingerprint density at radius 1 is 1.50 bits per heavy atom. The van der Waals surface area contributed by atoms with Gasteiger partial charge in [-0.25, -0.2) is 8.42 Å². The van der Waals surface area contributed by atoms with Crippen molar-refractivity contribution in [1.29, 1.82) is 0 Å². The molecule has 0 atom stereocenters. The first kappa shape index (κ1) is 11.4. The minimum absolute atomic E-state index is 0. The second kappa shape index (κ2) is 7.64. The van der Waals surface area contributed by atoms with Crippen molar-refractivity contribution in [1.82, 2.24) is 0 Å². The van der Waals surface area contributed by atoms with Crippen molar-refractivity contribution in [3.05, 3.63) is 0 Å². The molecule has 0 aromatic carbocycles. The van der Waals surface area contributed by atoms with Crippen LogP contribution in [0, 0.1) is 0 Å². The van der Waals surface area contributed by atoms with Crippen LogP contribution >= 0.6 is 0 Å². The lowest BCUT2D eigenvalue weighted by atomic mass is 10.8. The quantitative estimate of drug-likeness (QED) is 0.350. The van der Waals surface area contributed by atoms with Crippen LogP contribution in [0.4, 0.5) is 0 Å². The van der Waals surface area contributed by atoms with Crippen LogP contribution < -0.4 is 0 Å². The summed E-state index contributed by atoms with van der Waals surface area (Å²) in [6.07, 6.45) is 0. The minimum Gasteiger partial charge on any atom is -0.394 e. The molecule has 0 saturated carbocycles. The third kappa shape index (κ3) is 9.81. The second-order valence-corrected chi connectivity index (χ2v) is 1.49. The van der Waals surface area contributed by atoms with Gasteiger partial charge in [0.15, 0.2) is 0 Å². The van der Waals surface area contributed by atoms with Crippen molar-refractivity contribution >= 4 is 34.0 Å². The van der Waals surface area contributed by atoms with Crippen LogP contribution in [-0.4, -0.2) is 49.8 Å². The summed E-state index contributed by atoms with van der Waals surface area (Å²) in [5.74, 6) is 0. The van der Waals surface area contributed by atoms with E-state index in [4.69, 9.17) is 5.11 Å². The maximum atomic E-state index is 9.46. The molecule has 0 spiro atoms. The summed E-state index contributed by atoms with van der Waals surface area (Å²) in [6, 6.07) is 0. The monoisotopic (exact) mass is 152 g/mol. The molecule has 0 heterocycles. The van der Waals surface area contributed by atoms with Gasteiger partial charge in [-0.1, -0.05) is 0 Å². The van der Waals surface area contributed by atoms with Crippen molar-refractivity contribution in [3.63, 3.8) is 0 Å². The summed E-state index contributed by atoms with van der Waals surface area (Å²) >= 11 is 0. The number of hydrogen-bond acceptors (Lipinski definition) is 4. The molecule has 4 nitrogen and oxygen atoms in total. The zero-order chi connectivity index (χ0) is 5.70. The molecule has 0 unspecified atom stereocenters. The number of thiol groups is 1. The summed E-state index contributed by atoms with van der Waals surface area (Å²) in [6.45, 7) is -0.401. The predicted molar refractivity (Wildman–Crippen MR) is 31.9 cm³/mol. The molecule has 0 aliphatic rings. The van der Waals surface area contributed by atoms with Crippen LogP contribution in [0.15, 0.2) is 0 Å². The van der Waals surface area contributed by atoms with Crippen molar-refractivity contribution in [2.24, 2.45) is 0 Å². The van der Waals surface area contributed by atoms with Crippen molar-refractivity contribution in [2.45, 2.75) is 0 Å². The molecular formula is C2H8MgO4S. The second-order valence-electron chi connectivity index (χ2n) is 0.780. The average Bonchev–Trinajstić information content (AvgIpc) is 1.61. The van der Waals surface area contributed by atoms with E-state index in [-0.39, 0.29) is 36.3 Å². The first-order valence-corrected chi connectivity index (χ1v) is 2.75. The van der Waals surface area contributed by atoms with E-state index in [1.165, 1.54) is 0 Å². The average molecular weight is 152 g/mol. The smallest absolute Gasteiger partial charge is 0.316 e. The number of aliphatic hydroxyl groups is 1. The predicted octanol–water partition coefficient (Wildman–Crippen LogP) is -2.39. The Kier molecular flexibility index (Phi) is 10.9. The maximum absolute atomic E-state index is 9.46. The van der Waals surface area contributed by atoms with Crippen molar-refractivity contribution < 1.29 is 17.7 Å². The molecule has 6 heteroatoms. The van der Waals surface area contributed by atoms with Gasteiger partial charge in [0.05, 0.1) is 13.2 Å². The molecule has 0 aromatic heterocycles. The molecule has 0 bridgehead atoms. The van der Waals surface area contributed by atoms with E-state index < -0.39 is 11.0 Å². The number of rotatable bonds is 3. The molecule has 1 N–H and O–H groups in total. The van der Waals surface area contributed by atoms with Gasteiger partial charge in [0.2, 0.25) is 0 Å². The van der Waals surface area contributed by atoms with E-state index >= 15 is 0 Å². The standard InChI is InChI=1S/C2H6O4S.Mg.2H/c3-1-2-6-7(4)5;;;/h3,7H,1-2H2;;;. The van der Waals surface area contributed by atoms with Crippen LogP contribution in [0.3, 0.4) is 0 Å². The van der Waals surface area contributed by atoms with Gasteiger partial charge in [0, 0.05) is 0 Å². The van der Waals surface area contributed by atoms with Crippen LogP contribution in [0.1, 0.15) is 0 Å². The molecule has 0 aliphatic carbocycles. The van der Waals surface area contributed by atoms with Crippen LogP contribution in [0.5, 0.6) is 0 Å². The van der Waals surface area contributed by atoms with Gasteiger partial charge < -0.3 is 5.11 Å². The van der Waals surface area contributed by atoms with Gasteiger partial charge in [0.25, 0.3) is 11.0 Å². The summed E-state index contributed by atoms with van der Waals surface area (Å²) in [4.78, 5) is 0. The molecule has 0 aliphatic heterocycles. The number of aliphatic hydroxyl groups excluding tert-OH is 1. The highest BCUT2D eigenvalue weighted by Crippen LogP contribution is 1.67. The van der Waals surface area contributed by atoms with Crippen molar-refractivity contribution in [3.8, 4) is 0 Å². The van der Waals surface area contributed by atoms with Crippen molar-refractivity contribution in [2.75, 3.05) is 13.2 Å². The van der Waals surface area contributed by atoms with E-state index in [1.54, 1.807) is 0 Å². The third-order valence-electron chi connectivity index (χ3n) is 0.288. The largest absolute Gasteiger partial charge is 0.394 e. The molecule has 0 amide bonds. The molecule has 0 saturated heterocycles. The van der Waals surface area contributed by atoms with Gasteiger partial charge >= 0.3 is 23.1 Å². The lowest BCUT2D eigenvalue weighted by Crippen LogP contribution is -1.95. The van der Waals surface area contributed by atoms with Gasteiger partial charge in [0.1, 0.15) is 0 Å². The topological polar surface area (TPSA) is 63.6 Å². The molecule has 0 radical (unpaired) electrons. The minimum atomic E-state index is -2.77. The Hall–Kier alpha value is 0.636. The lowest BCUT2D eigenvalue weighted by molar-refractivity contribution is 0.210. The molecule has 8 heavy (non-hydrogen) atoms. The first-order valence-electron chi connectivity index (χ1n) is 1.65. The summed E-state index contributed by atoms with van der Waals surface area (Å²) in [7, 11) is -2.77.